The number of aromatic amines is 1. The van der Waals surface area contributed by atoms with Gasteiger partial charge in [0.25, 0.3) is 0 Å². The number of phenols is 1. The number of H-pyrrole nitrogens is 1. The Morgan fingerprint density at radius 1 is 1.18 bits per heavy atom. The average molecular weight is 299 g/mol. The Morgan fingerprint density at radius 3 is 2.68 bits per heavy atom. The van der Waals surface area contributed by atoms with Crippen LogP contribution in [0.1, 0.15) is 11.1 Å². The van der Waals surface area contributed by atoms with Crippen molar-refractivity contribution in [3.63, 3.8) is 0 Å². The van der Waals surface area contributed by atoms with Crippen LogP contribution in [0.25, 0.3) is 17.1 Å². The first-order valence-corrected chi connectivity index (χ1v) is 6.72. The van der Waals surface area contributed by atoms with Crippen LogP contribution in [0.3, 0.4) is 0 Å². The van der Waals surface area contributed by atoms with Crippen LogP contribution in [-0.2, 0) is 0 Å². The van der Waals surface area contributed by atoms with E-state index in [1.807, 2.05) is 0 Å². The van der Waals surface area contributed by atoms with Crippen LogP contribution in [0.2, 0.25) is 0 Å². The normalized spacial score (nSPS) is 10.9. The van der Waals surface area contributed by atoms with E-state index < -0.39 is 11.5 Å². The fraction of sp³-hybridized carbons (Fsp3) is 0.125. The summed E-state index contributed by atoms with van der Waals surface area (Å²) < 4.78 is 15.6. The molecule has 1 heterocycles. The molecule has 112 valence electrons. The zero-order valence-corrected chi connectivity index (χ0v) is 12.1. The van der Waals surface area contributed by atoms with E-state index in [1.54, 1.807) is 38.1 Å². The van der Waals surface area contributed by atoms with Gasteiger partial charge in [-0.05, 0) is 49.2 Å². The summed E-state index contributed by atoms with van der Waals surface area (Å²) in [6, 6.07) is 9.54. The lowest BCUT2D eigenvalue weighted by atomic mass is 10.1. The molecule has 6 heteroatoms. The maximum atomic E-state index is 14.4. The number of benzene rings is 2. The van der Waals surface area contributed by atoms with Gasteiger partial charge in [-0.2, -0.15) is 5.10 Å². The quantitative estimate of drug-likeness (QED) is 0.764. The van der Waals surface area contributed by atoms with E-state index in [0.717, 1.165) is 5.56 Å². The van der Waals surface area contributed by atoms with Crippen molar-refractivity contribution in [2.75, 3.05) is 0 Å². The predicted molar refractivity (Wildman–Crippen MR) is 80.7 cm³/mol. The number of halogens is 1. The Hall–Kier alpha value is -2.89. The van der Waals surface area contributed by atoms with Crippen LogP contribution in [0.4, 0.5) is 4.39 Å². The van der Waals surface area contributed by atoms with Gasteiger partial charge in [0.1, 0.15) is 11.6 Å². The van der Waals surface area contributed by atoms with Crippen molar-refractivity contribution in [2.45, 2.75) is 13.8 Å². The SMILES string of the molecule is Cc1cc(O)ccc1-c1n[nH]c(=O)n1-c1cccc(C)c1F. The second-order valence-electron chi connectivity index (χ2n) is 5.10. The van der Waals surface area contributed by atoms with Crippen LogP contribution in [0.15, 0.2) is 41.2 Å². The van der Waals surface area contributed by atoms with Gasteiger partial charge in [0.2, 0.25) is 0 Å². The molecule has 0 atom stereocenters. The highest BCUT2D eigenvalue weighted by molar-refractivity contribution is 5.63. The summed E-state index contributed by atoms with van der Waals surface area (Å²) in [5, 5.41) is 15.9. The molecule has 0 unspecified atom stereocenters. The number of nitrogens with zero attached hydrogens (tertiary/aromatic N) is 2. The zero-order valence-electron chi connectivity index (χ0n) is 12.1. The molecule has 0 aliphatic heterocycles. The molecule has 0 radical (unpaired) electrons. The summed E-state index contributed by atoms with van der Waals surface area (Å²) in [5.74, 6) is -0.0527. The van der Waals surface area contributed by atoms with Gasteiger partial charge in [0, 0.05) is 5.56 Å². The van der Waals surface area contributed by atoms with Crippen LogP contribution in [0.5, 0.6) is 5.75 Å². The Labute approximate surface area is 125 Å². The molecule has 5 nitrogen and oxygen atoms in total. The van der Waals surface area contributed by atoms with Crippen molar-refractivity contribution in [1.29, 1.82) is 0 Å². The first-order chi connectivity index (χ1) is 10.5. The minimum Gasteiger partial charge on any atom is -0.508 e. The summed E-state index contributed by atoms with van der Waals surface area (Å²) in [5.41, 5.74) is 1.43. The zero-order chi connectivity index (χ0) is 15.9. The third kappa shape index (κ3) is 2.18. The number of hydrogen-bond donors (Lipinski definition) is 2. The predicted octanol–water partition coefficient (Wildman–Crippen LogP) is 2.69. The van der Waals surface area contributed by atoms with Crippen molar-refractivity contribution in [3.8, 4) is 22.8 Å². The van der Waals surface area contributed by atoms with E-state index in [1.165, 1.54) is 16.7 Å². The molecule has 0 aliphatic rings. The Morgan fingerprint density at radius 2 is 1.95 bits per heavy atom. The topological polar surface area (TPSA) is 70.9 Å². The number of aromatic hydroxyl groups is 1. The first-order valence-electron chi connectivity index (χ1n) is 6.72. The minimum absolute atomic E-state index is 0.118. The number of aromatic nitrogens is 3. The second-order valence-corrected chi connectivity index (χ2v) is 5.10. The molecule has 0 bridgehead atoms. The molecule has 3 rings (SSSR count). The van der Waals surface area contributed by atoms with Gasteiger partial charge in [-0.1, -0.05) is 12.1 Å². The number of phenolic OH excluding ortho intramolecular Hbond substituents is 1. The van der Waals surface area contributed by atoms with Crippen molar-refractivity contribution in [2.24, 2.45) is 0 Å². The summed E-state index contributed by atoms with van der Waals surface area (Å²) in [6.45, 7) is 3.42. The van der Waals surface area contributed by atoms with E-state index in [2.05, 4.69) is 10.2 Å². The second kappa shape index (κ2) is 5.14. The highest BCUT2D eigenvalue weighted by Gasteiger charge is 2.18. The molecule has 3 aromatic rings. The van der Waals surface area contributed by atoms with E-state index in [0.29, 0.717) is 17.0 Å². The average Bonchev–Trinajstić information content (AvgIpc) is 2.84. The van der Waals surface area contributed by atoms with Crippen LogP contribution >= 0.6 is 0 Å². The highest BCUT2D eigenvalue weighted by atomic mass is 19.1. The van der Waals surface area contributed by atoms with Crippen LogP contribution < -0.4 is 5.69 Å². The summed E-state index contributed by atoms with van der Waals surface area (Å²) >= 11 is 0. The lowest BCUT2D eigenvalue weighted by molar-refractivity contribution is 0.475. The molecule has 1 aromatic heterocycles. The van der Waals surface area contributed by atoms with Crippen molar-refractivity contribution < 1.29 is 9.50 Å². The van der Waals surface area contributed by atoms with Crippen molar-refractivity contribution in [3.05, 3.63) is 63.8 Å². The van der Waals surface area contributed by atoms with Crippen molar-refractivity contribution >= 4 is 0 Å². The lowest BCUT2D eigenvalue weighted by Crippen LogP contribution is -2.17. The third-order valence-corrected chi connectivity index (χ3v) is 3.54. The van der Waals surface area contributed by atoms with Gasteiger partial charge in [-0.25, -0.2) is 18.9 Å². The number of hydrogen-bond acceptors (Lipinski definition) is 3. The summed E-state index contributed by atoms with van der Waals surface area (Å²) in [7, 11) is 0. The number of aryl methyl sites for hydroxylation is 2. The monoisotopic (exact) mass is 299 g/mol. The molecule has 0 amide bonds. The smallest absolute Gasteiger partial charge is 0.348 e. The fourth-order valence-electron chi connectivity index (χ4n) is 2.40. The molecule has 0 spiro atoms. The molecule has 0 fully saturated rings. The van der Waals surface area contributed by atoms with Crippen LogP contribution in [0, 0.1) is 19.7 Å². The molecule has 22 heavy (non-hydrogen) atoms. The van der Waals surface area contributed by atoms with E-state index in [4.69, 9.17) is 0 Å². The maximum absolute atomic E-state index is 14.4. The van der Waals surface area contributed by atoms with E-state index >= 15 is 0 Å². The lowest BCUT2D eigenvalue weighted by Gasteiger charge is -2.10. The Bertz CT molecular complexity index is 912. The molecule has 2 aromatic carbocycles. The molecular weight excluding hydrogens is 285 g/mol. The molecule has 0 aliphatic carbocycles. The highest BCUT2D eigenvalue weighted by Crippen LogP contribution is 2.26. The standard InChI is InChI=1S/C16H14FN3O2/c1-9-4-3-5-13(14(9)17)20-15(18-19-16(20)22)12-7-6-11(21)8-10(12)2/h3-8,21H,1-2H3,(H,19,22). The van der Waals surface area contributed by atoms with Gasteiger partial charge in [0.05, 0.1) is 5.69 Å². The minimum atomic E-state index is -0.521. The molecule has 2 N–H and O–H groups in total. The van der Waals surface area contributed by atoms with E-state index in [9.17, 15) is 14.3 Å². The van der Waals surface area contributed by atoms with Crippen molar-refractivity contribution in [1.82, 2.24) is 14.8 Å². The molecule has 0 saturated carbocycles. The molecule has 0 saturated heterocycles. The van der Waals surface area contributed by atoms with Gasteiger partial charge < -0.3 is 5.11 Å². The Kier molecular flexibility index (Phi) is 3.29. The van der Waals surface area contributed by atoms with Gasteiger partial charge in [-0.3, -0.25) is 0 Å². The van der Waals surface area contributed by atoms with Crippen LogP contribution in [-0.4, -0.2) is 19.9 Å². The fourth-order valence-corrected chi connectivity index (χ4v) is 2.40. The summed E-state index contributed by atoms with van der Waals surface area (Å²) in [6.07, 6.45) is 0. The van der Waals surface area contributed by atoms with Gasteiger partial charge in [0.15, 0.2) is 5.82 Å². The largest absolute Gasteiger partial charge is 0.508 e. The Balaban J connectivity index is 2.29. The molecular formula is C16H14FN3O2. The maximum Gasteiger partial charge on any atom is 0.348 e. The van der Waals surface area contributed by atoms with Gasteiger partial charge in [-0.15, -0.1) is 0 Å². The van der Waals surface area contributed by atoms with Gasteiger partial charge >= 0.3 is 5.69 Å². The number of nitrogens with one attached hydrogen (secondary N) is 1. The number of rotatable bonds is 2. The van der Waals surface area contributed by atoms with E-state index in [-0.39, 0.29) is 11.4 Å². The summed E-state index contributed by atoms with van der Waals surface area (Å²) in [4.78, 5) is 12.1. The first kappa shape index (κ1) is 14.1. The third-order valence-electron chi connectivity index (χ3n) is 3.54.